The molecule has 1 atom stereocenters. The van der Waals surface area contributed by atoms with Crippen molar-refractivity contribution in [2.45, 2.75) is 12.5 Å². The largest absolute Gasteiger partial charge is 0.488 e. The molecule has 0 radical (unpaired) electrons. The third-order valence-electron chi connectivity index (χ3n) is 4.54. The Labute approximate surface area is 152 Å². The fraction of sp³-hybridized carbons (Fsp3) is 0.368. The second kappa shape index (κ2) is 7.61. The number of aromatic nitrogens is 1. The molecular weight excluding hydrogens is 332 g/mol. The summed E-state index contributed by atoms with van der Waals surface area (Å²) in [6, 6.07) is 11.5. The molecule has 26 heavy (non-hydrogen) atoms. The van der Waals surface area contributed by atoms with E-state index in [1.807, 2.05) is 30.3 Å². The number of nitrogens with one attached hydrogen (secondary N) is 2. The Hall–Kier alpha value is -2.80. The molecule has 1 fully saturated rings. The van der Waals surface area contributed by atoms with Crippen LogP contribution in [0.2, 0.25) is 0 Å². The lowest BCUT2D eigenvalue weighted by molar-refractivity contribution is 0.122. The number of morpholine rings is 1. The third kappa shape index (κ3) is 3.88. The van der Waals surface area contributed by atoms with Crippen LogP contribution in [0.15, 0.2) is 42.6 Å². The highest BCUT2D eigenvalue weighted by Crippen LogP contribution is 2.27. The number of fused-ring (bicyclic) bond motifs is 1. The van der Waals surface area contributed by atoms with Crippen molar-refractivity contribution in [3.63, 3.8) is 0 Å². The van der Waals surface area contributed by atoms with E-state index in [4.69, 9.17) is 9.47 Å². The van der Waals surface area contributed by atoms with E-state index < -0.39 is 0 Å². The van der Waals surface area contributed by atoms with E-state index in [9.17, 15) is 4.79 Å². The number of pyridine rings is 1. The molecule has 2 amide bonds. The van der Waals surface area contributed by atoms with E-state index in [2.05, 4.69) is 26.6 Å². The zero-order chi connectivity index (χ0) is 17.8. The Morgan fingerprint density at radius 3 is 2.81 bits per heavy atom. The van der Waals surface area contributed by atoms with E-state index in [0.717, 1.165) is 44.3 Å². The highest BCUT2D eigenvalue weighted by Gasteiger charge is 2.22. The van der Waals surface area contributed by atoms with Gasteiger partial charge in [0.25, 0.3) is 0 Å². The van der Waals surface area contributed by atoms with Crippen molar-refractivity contribution in [1.29, 1.82) is 0 Å². The van der Waals surface area contributed by atoms with Crippen molar-refractivity contribution in [2.75, 3.05) is 43.1 Å². The van der Waals surface area contributed by atoms with Crippen LogP contribution in [0.5, 0.6) is 5.75 Å². The van der Waals surface area contributed by atoms with Gasteiger partial charge in [-0.15, -0.1) is 0 Å². The topological polar surface area (TPSA) is 75.7 Å². The van der Waals surface area contributed by atoms with Crippen LogP contribution < -0.4 is 20.3 Å². The molecule has 3 heterocycles. The first-order chi connectivity index (χ1) is 12.8. The molecule has 2 N–H and O–H groups in total. The molecule has 0 aliphatic carbocycles. The summed E-state index contributed by atoms with van der Waals surface area (Å²) >= 11 is 0. The van der Waals surface area contributed by atoms with Crippen molar-refractivity contribution in [3.05, 3.63) is 48.2 Å². The summed E-state index contributed by atoms with van der Waals surface area (Å²) in [4.78, 5) is 18.7. The Bertz CT molecular complexity index is 735. The van der Waals surface area contributed by atoms with Crippen molar-refractivity contribution in [3.8, 4) is 5.75 Å². The number of urea groups is 1. The molecule has 2 aliphatic heterocycles. The van der Waals surface area contributed by atoms with Gasteiger partial charge in [-0.05, 0) is 23.8 Å². The minimum absolute atomic E-state index is 0.0278. The first kappa shape index (κ1) is 16.7. The Kier molecular flexibility index (Phi) is 4.88. The van der Waals surface area contributed by atoms with E-state index in [1.165, 1.54) is 5.56 Å². The van der Waals surface area contributed by atoms with Crippen LogP contribution in [0.25, 0.3) is 0 Å². The molecule has 7 heteroatoms. The van der Waals surface area contributed by atoms with Crippen molar-refractivity contribution in [1.82, 2.24) is 10.3 Å². The van der Waals surface area contributed by atoms with Gasteiger partial charge in [0.2, 0.25) is 0 Å². The fourth-order valence-corrected chi connectivity index (χ4v) is 3.19. The number of ether oxygens (including phenoxy) is 2. The molecule has 0 bridgehead atoms. The lowest BCUT2D eigenvalue weighted by atomic mass is 10.1. The third-order valence-corrected chi connectivity index (χ3v) is 4.54. The second-order valence-corrected chi connectivity index (χ2v) is 6.39. The van der Waals surface area contributed by atoms with Crippen LogP contribution in [0.4, 0.5) is 16.3 Å². The number of hydrogen-bond acceptors (Lipinski definition) is 5. The van der Waals surface area contributed by atoms with Crippen LogP contribution >= 0.6 is 0 Å². The maximum Gasteiger partial charge on any atom is 0.319 e. The minimum atomic E-state index is -0.259. The van der Waals surface area contributed by atoms with E-state index >= 15 is 0 Å². The summed E-state index contributed by atoms with van der Waals surface area (Å²) in [6.07, 6.45) is 2.46. The summed E-state index contributed by atoms with van der Waals surface area (Å²) in [5.74, 6) is 1.80. The molecule has 4 rings (SSSR count). The van der Waals surface area contributed by atoms with Crippen molar-refractivity contribution in [2.24, 2.45) is 0 Å². The maximum atomic E-state index is 12.1. The zero-order valence-corrected chi connectivity index (χ0v) is 14.5. The number of anilines is 2. The molecule has 1 saturated heterocycles. The van der Waals surface area contributed by atoms with Gasteiger partial charge in [-0.3, -0.25) is 0 Å². The number of carbonyl (C=O) groups excluding carboxylic acids is 1. The number of amides is 2. The first-order valence-electron chi connectivity index (χ1n) is 8.86. The van der Waals surface area contributed by atoms with Gasteiger partial charge in [0, 0.05) is 19.5 Å². The predicted molar refractivity (Wildman–Crippen MR) is 98.9 cm³/mol. The second-order valence-electron chi connectivity index (χ2n) is 6.39. The molecule has 2 aliphatic rings. The standard InChI is InChI=1S/C19H22N4O3/c24-19(21-13-16-11-14-3-1-2-4-17(14)26-16)22-15-5-6-18(20-12-15)23-7-9-25-10-8-23/h1-6,12,16H,7-11,13H2,(H2,21,22,24)/t16-/m1/s1. The fourth-order valence-electron chi connectivity index (χ4n) is 3.19. The minimum Gasteiger partial charge on any atom is -0.488 e. The van der Waals surface area contributed by atoms with Gasteiger partial charge in [0.15, 0.2) is 0 Å². The molecule has 1 aromatic heterocycles. The molecule has 0 spiro atoms. The summed E-state index contributed by atoms with van der Waals surface area (Å²) in [6.45, 7) is 3.57. The van der Waals surface area contributed by atoms with Crippen LogP contribution in [0.3, 0.4) is 0 Å². The van der Waals surface area contributed by atoms with Crippen LogP contribution in [-0.4, -0.2) is 50.0 Å². The molecule has 7 nitrogen and oxygen atoms in total. The number of hydrogen-bond donors (Lipinski definition) is 2. The summed E-state index contributed by atoms with van der Waals surface area (Å²) in [5.41, 5.74) is 1.85. The van der Waals surface area contributed by atoms with Crippen molar-refractivity contribution >= 4 is 17.5 Å². The zero-order valence-electron chi connectivity index (χ0n) is 14.5. The predicted octanol–water partition coefficient (Wildman–Crippen LogP) is 2.04. The van der Waals surface area contributed by atoms with Gasteiger partial charge >= 0.3 is 6.03 Å². The highest BCUT2D eigenvalue weighted by atomic mass is 16.5. The molecule has 0 unspecified atom stereocenters. The summed E-state index contributed by atoms with van der Waals surface area (Å²) in [7, 11) is 0. The number of para-hydroxylation sites is 1. The van der Waals surface area contributed by atoms with Gasteiger partial charge in [-0.1, -0.05) is 18.2 Å². The average molecular weight is 354 g/mol. The maximum absolute atomic E-state index is 12.1. The number of rotatable bonds is 4. The Morgan fingerprint density at radius 1 is 1.19 bits per heavy atom. The van der Waals surface area contributed by atoms with E-state index in [-0.39, 0.29) is 12.1 Å². The Morgan fingerprint density at radius 2 is 2.04 bits per heavy atom. The number of carbonyl (C=O) groups is 1. The van der Waals surface area contributed by atoms with Gasteiger partial charge in [0.1, 0.15) is 17.7 Å². The first-order valence-corrected chi connectivity index (χ1v) is 8.86. The SMILES string of the molecule is O=C(NC[C@H]1Cc2ccccc2O1)Nc1ccc(N2CCOCC2)nc1. The molecular formula is C19H22N4O3. The van der Waals surface area contributed by atoms with Crippen LogP contribution in [0.1, 0.15) is 5.56 Å². The summed E-state index contributed by atoms with van der Waals surface area (Å²) < 4.78 is 11.2. The molecule has 136 valence electrons. The smallest absolute Gasteiger partial charge is 0.319 e. The number of nitrogens with zero attached hydrogens (tertiary/aromatic N) is 2. The number of benzene rings is 1. The van der Waals surface area contributed by atoms with E-state index in [0.29, 0.717) is 12.2 Å². The molecule has 1 aromatic carbocycles. The highest BCUT2D eigenvalue weighted by molar-refractivity contribution is 5.89. The van der Waals surface area contributed by atoms with Crippen molar-refractivity contribution < 1.29 is 14.3 Å². The van der Waals surface area contributed by atoms with Crippen LogP contribution in [0, 0.1) is 0 Å². The van der Waals surface area contributed by atoms with Gasteiger partial charge < -0.3 is 25.0 Å². The quantitative estimate of drug-likeness (QED) is 0.879. The summed E-state index contributed by atoms with van der Waals surface area (Å²) in [5, 5.41) is 5.66. The lowest BCUT2D eigenvalue weighted by Gasteiger charge is -2.27. The van der Waals surface area contributed by atoms with Gasteiger partial charge in [0.05, 0.1) is 31.6 Å². The normalized spacial score (nSPS) is 18.8. The lowest BCUT2D eigenvalue weighted by Crippen LogP contribution is -2.37. The van der Waals surface area contributed by atoms with Gasteiger partial charge in [-0.25, -0.2) is 9.78 Å². The van der Waals surface area contributed by atoms with Crippen LogP contribution in [-0.2, 0) is 11.2 Å². The Balaban J connectivity index is 1.25. The van der Waals surface area contributed by atoms with E-state index in [1.54, 1.807) is 6.20 Å². The molecule has 0 saturated carbocycles. The average Bonchev–Trinajstić information content (AvgIpc) is 3.11. The monoisotopic (exact) mass is 354 g/mol. The molecule has 2 aromatic rings. The van der Waals surface area contributed by atoms with Gasteiger partial charge in [-0.2, -0.15) is 0 Å².